The third-order valence-corrected chi connectivity index (χ3v) is 14.9. The number of para-hydroxylation sites is 2. The lowest BCUT2D eigenvalue weighted by Crippen LogP contribution is -2.10. The first-order chi connectivity index (χ1) is 39.4. The highest BCUT2D eigenvalue weighted by molar-refractivity contribution is 6.03. The molecule has 380 valence electrons. The van der Waals surface area contributed by atoms with Gasteiger partial charge in [0.05, 0.1) is 33.8 Å². The summed E-state index contributed by atoms with van der Waals surface area (Å²) in [7, 11) is 0. The third-order valence-electron chi connectivity index (χ3n) is 14.9. The van der Waals surface area contributed by atoms with Gasteiger partial charge >= 0.3 is 0 Å². The molecule has 0 aliphatic rings. The Hall–Kier alpha value is -10.7. The van der Waals surface area contributed by atoms with Gasteiger partial charge in [-0.3, -0.25) is 0 Å². The summed E-state index contributed by atoms with van der Waals surface area (Å²) in [6, 6.07) is 89.8. The molecule has 0 aliphatic heterocycles. The van der Waals surface area contributed by atoms with E-state index in [2.05, 4.69) is 263 Å². The predicted molar refractivity (Wildman–Crippen MR) is 328 cm³/mol. The second-order valence-corrected chi connectivity index (χ2v) is 20.2. The topological polar surface area (TPSA) is 66.9 Å². The van der Waals surface area contributed by atoms with Crippen molar-refractivity contribution >= 4 is 56.5 Å². The predicted octanol–water partition coefficient (Wildman–Crippen LogP) is 18.5. The number of fused-ring (bicyclic) bond motifs is 3. The van der Waals surface area contributed by atoms with Crippen LogP contribution in [-0.2, 0) is 0 Å². The van der Waals surface area contributed by atoms with E-state index in [1.807, 2.05) is 48.8 Å². The van der Waals surface area contributed by atoms with Crippen LogP contribution >= 0.6 is 0 Å². The van der Waals surface area contributed by atoms with Gasteiger partial charge in [0.1, 0.15) is 11.3 Å². The van der Waals surface area contributed by atoms with Crippen molar-refractivity contribution in [2.75, 3.05) is 9.80 Å². The normalized spacial score (nSPS) is 11.4. The standard InChI is InChI=1S/C72H52N8/c1-49-19-23-51(24-20-49)63-43-44-64(52-25-21-50(2)22-26-52)72-71(63)75-69(55-31-39-61(40-32-55)79(57-13-5-3-6-14-57)59-35-27-53(28-36-59)65-47-77-45-11-9-17-67(77)73-65)70(76-72)56-33-41-62(42-34-56)80(58-15-7-4-8-16-58)60-37-29-54(30-38-60)66-48-78-46-12-10-18-68(78)74-66/h3-48H,1-2H3. The molecule has 0 saturated carbocycles. The molecule has 0 unspecified atom stereocenters. The number of imidazole rings is 2. The lowest BCUT2D eigenvalue weighted by atomic mass is 9.95. The number of nitrogens with zero attached hydrogens (tertiary/aromatic N) is 8. The van der Waals surface area contributed by atoms with E-state index < -0.39 is 0 Å². The van der Waals surface area contributed by atoms with Crippen molar-refractivity contribution in [2.24, 2.45) is 0 Å². The molecule has 14 rings (SSSR count). The minimum atomic E-state index is 0.789. The quantitative estimate of drug-likeness (QED) is 0.121. The van der Waals surface area contributed by atoms with Crippen LogP contribution in [0.4, 0.5) is 34.1 Å². The molecule has 5 aromatic heterocycles. The molecule has 9 aromatic carbocycles. The Bertz CT molecular complexity index is 4140. The van der Waals surface area contributed by atoms with Gasteiger partial charge in [-0.1, -0.05) is 169 Å². The van der Waals surface area contributed by atoms with Crippen LogP contribution in [0.3, 0.4) is 0 Å². The van der Waals surface area contributed by atoms with Crippen LogP contribution in [0, 0.1) is 13.8 Å². The summed E-state index contributed by atoms with van der Waals surface area (Å²) in [5.41, 5.74) is 23.7. The Kier molecular flexibility index (Phi) is 12.1. The largest absolute Gasteiger partial charge is 0.311 e. The highest BCUT2D eigenvalue weighted by Gasteiger charge is 2.22. The molecule has 14 aromatic rings. The van der Waals surface area contributed by atoms with Crippen LogP contribution in [0.5, 0.6) is 0 Å². The molecule has 8 nitrogen and oxygen atoms in total. The van der Waals surface area contributed by atoms with Crippen LogP contribution in [0.2, 0.25) is 0 Å². The van der Waals surface area contributed by atoms with Gasteiger partial charge in [0.15, 0.2) is 0 Å². The summed E-state index contributed by atoms with van der Waals surface area (Å²) in [5.74, 6) is 0. The number of hydrogen-bond donors (Lipinski definition) is 0. The molecule has 0 fully saturated rings. The molecule has 0 bridgehead atoms. The van der Waals surface area contributed by atoms with Crippen LogP contribution in [0.1, 0.15) is 11.1 Å². The average molecular weight is 1030 g/mol. The lowest BCUT2D eigenvalue weighted by Gasteiger charge is -2.26. The van der Waals surface area contributed by atoms with Crippen LogP contribution in [0.25, 0.3) is 89.6 Å². The first-order valence-corrected chi connectivity index (χ1v) is 26.9. The Morgan fingerprint density at radius 2 is 0.588 bits per heavy atom. The van der Waals surface area contributed by atoms with E-state index in [-0.39, 0.29) is 0 Å². The van der Waals surface area contributed by atoms with Crippen molar-refractivity contribution in [3.05, 3.63) is 291 Å². The van der Waals surface area contributed by atoms with Crippen LogP contribution in [-0.4, -0.2) is 28.7 Å². The summed E-state index contributed by atoms with van der Waals surface area (Å²) in [6.45, 7) is 4.25. The fourth-order valence-corrected chi connectivity index (χ4v) is 10.8. The van der Waals surface area contributed by atoms with Crippen LogP contribution in [0.15, 0.2) is 280 Å². The fourth-order valence-electron chi connectivity index (χ4n) is 10.8. The van der Waals surface area contributed by atoms with Gasteiger partial charge in [-0.2, -0.15) is 0 Å². The molecule has 0 saturated heterocycles. The number of anilines is 6. The maximum absolute atomic E-state index is 5.77. The Balaban J connectivity index is 0.896. The van der Waals surface area contributed by atoms with E-state index in [1.54, 1.807) is 0 Å². The van der Waals surface area contributed by atoms with E-state index in [1.165, 1.54) is 11.1 Å². The number of benzene rings is 9. The van der Waals surface area contributed by atoms with Gasteiger partial charge in [-0.15, -0.1) is 0 Å². The molecule has 5 heterocycles. The van der Waals surface area contributed by atoms with Gasteiger partial charge in [0.25, 0.3) is 0 Å². The second kappa shape index (κ2) is 20.3. The van der Waals surface area contributed by atoms with E-state index >= 15 is 0 Å². The van der Waals surface area contributed by atoms with Gasteiger partial charge in [0, 0.05) is 92.3 Å². The van der Waals surface area contributed by atoms with Crippen molar-refractivity contribution in [1.82, 2.24) is 28.7 Å². The number of pyridine rings is 2. The van der Waals surface area contributed by atoms with E-state index in [4.69, 9.17) is 19.9 Å². The molecule has 0 atom stereocenters. The Labute approximate surface area is 464 Å². The number of aromatic nitrogens is 6. The van der Waals surface area contributed by atoms with Crippen molar-refractivity contribution < 1.29 is 0 Å². The van der Waals surface area contributed by atoms with E-state index in [9.17, 15) is 0 Å². The molecule has 0 N–H and O–H groups in total. The second-order valence-electron chi connectivity index (χ2n) is 20.2. The van der Waals surface area contributed by atoms with Crippen molar-refractivity contribution in [3.63, 3.8) is 0 Å². The zero-order valence-electron chi connectivity index (χ0n) is 44.1. The van der Waals surface area contributed by atoms with Crippen LogP contribution < -0.4 is 9.80 Å². The van der Waals surface area contributed by atoms with E-state index in [0.717, 1.165) is 124 Å². The Morgan fingerprint density at radius 3 is 0.938 bits per heavy atom. The molecule has 8 heteroatoms. The molecule has 0 radical (unpaired) electrons. The summed E-state index contributed by atoms with van der Waals surface area (Å²) in [6.07, 6.45) is 8.21. The maximum Gasteiger partial charge on any atom is 0.137 e. The number of rotatable bonds is 12. The zero-order chi connectivity index (χ0) is 53.5. The minimum Gasteiger partial charge on any atom is -0.311 e. The molecular weight excluding hydrogens is 977 g/mol. The first kappa shape index (κ1) is 47.7. The number of aryl methyl sites for hydroxylation is 2. The summed E-state index contributed by atoms with van der Waals surface area (Å²) < 4.78 is 4.11. The molecule has 0 aliphatic carbocycles. The highest BCUT2D eigenvalue weighted by atomic mass is 15.1. The van der Waals surface area contributed by atoms with E-state index in [0.29, 0.717) is 0 Å². The third kappa shape index (κ3) is 9.10. The van der Waals surface area contributed by atoms with Crippen molar-refractivity contribution in [3.8, 4) is 67.3 Å². The smallest absolute Gasteiger partial charge is 0.137 e. The lowest BCUT2D eigenvalue weighted by molar-refractivity contribution is 1.19. The van der Waals surface area contributed by atoms with Crippen molar-refractivity contribution in [1.29, 1.82) is 0 Å². The van der Waals surface area contributed by atoms with Gasteiger partial charge in [0.2, 0.25) is 0 Å². The van der Waals surface area contributed by atoms with Gasteiger partial charge < -0.3 is 18.6 Å². The Morgan fingerprint density at radius 1 is 0.275 bits per heavy atom. The first-order valence-electron chi connectivity index (χ1n) is 26.9. The van der Waals surface area contributed by atoms with Gasteiger partial charge in [-0.05, 0) is 122 Å². The minimum absolute atomic E-state index is 0.789. The monoisotopic (exact) mass is 1030 g/mol. The highest BCUT2D eigenvalue weighted by Crippen LogP contribution is 2.43. The zero-order valence-corrected chi connectivity index (χ0v) is 44.1. The maximum atomic E-state index is 5.77. The summed E-state index contributed by atoms with van der Waals surface area (Å²) in [5, 5.41) is 0. The average Bonchev–Trinajstić information content (AvgIpc) is 4.20. The molecule has 80 heavy (non-hydrogen) atoms. The molecular formula is C72H52N8. The summed E-state index contributed by atoms with van der Waals surface area (Å²) in [4.78, 5) is 25.9. The van der Waals surface area contributed by atoms with Gasteiger partial charge in [-0.25, -0.2) is 19.9 Å². The van der Waals surface area contributed by atoms with Crippen molar-refractivity contribution in [2.45, 2.75) is 13.8 Å². The summed E-state index contributed by atoms with van der Waals surface area (Å²) >= 11 is 0. The fraction of sp³-hybridized carbons (Fsp3) is 0.0278. The number of hydrogen-bond acceptors (Lipinski definition) is 6. The molecule has 0 amide bonds. The SMILES string of the molecule is Cc1ccc(-c2ccc(-c3ccc(C)cc3)c3nc(-c4ccc(N(c5ccccc5)c5ccc(-c6cn7ccccc7n6)cc5)cc4)c(-c4ccc(N(c5ccccc5)c5ccc(-c6cn7ccccc7n6)cc5)cc4)nc23)cc1. The molecule has 0 spiro atoms.